The van der Waals surface area contributed by atoms with Crippen LogP contribution < -0.4 is 0 Å². The van der Waals surface area contributed by atoms with E-state index in [2.05, 4.69) is 0 Å². The van der Waals surface area contributed by atoms with Gasteiger partial charge in [-0.05, 0) is 18.6 Å². The molecule has 0 aliphatic rings. The van der Waals surface area contributed by atoms with Crippen LogP contribution in [0.25, 0.3) is 0 Å². The minimum atomic E-state index is -0.945. The molecule has 0 aliphatic carbocycles. The lowest BCUT2D eigenvalue weighted by Gasteiger charge is -2.01. The molecular weight excluding hydrogens is 228 g/mol. The topological polar surface area (TPSA) is 93.8 Å². The van der Waals surface area contributed by atoms with E-state index in [0.29, 0.717) is 12.0 Å². The lowest BCUT2D eigenvalue weighted by molar-refractivity contribution is -0.145. The maximum Gasteiger partial charge on any atom is 0.306 e. The van der Waals surface area contributed by atoms with Crippen molar-refractivity contribution in [1.82, 2.24) is 0 Å². The van der Waals surface area contributed by atoms with Crippen LogP contribution in [0.2, 0.25) is 0 Å². The maximum atomic E-state index is 11.1. The first-order valence-electron chi connectivity index (χ1n) is 5.03. The molecule has 1 N–H and O–H groups in total. The Morgan fingerprint density at radius 1 is 1.35 bits per heavy atom. The van der Waals surface area contributed by atoms with Crippen LogP contribution in [0.15, 0.2) is 16.5 Å². The van der Waals surface area contributed by atoms with E-state index in [1.165, 1.54) is 12.1 Å². The van der Waals surface area contributed by atoms with Gasteiger partial charge in [0.15, 0.2) is 12.0 Å². The highest BCUT2D eigenvalue weighted by Crippen LogP contribution is 2.08. The van der Waals surface area contributed by atoms with Gasteiger partial charge in [-0.3, -0.25) is 14.4 Å². The van der Waals surface area contributed by atoms with Crippen molar-refractivity contribution >= 4 is 18.2 Å². The molecule has 17 heavy (non-hydrogen) atoms. The lowest BCUT2D eigenvalue weighted by Crippen LogP contribution is -2.05. The van der Waals surface area contributed by atoms with E-state index in [4.69, 9.17) is 14.3 Å². The first-order chi connectivity index (χ1) is 8.11. The van der Waals surface area contributed by atoms with Gasteiger partial charge in [-0.1, -0.05) is 0 Å². The number of carbonyl (C=O) groups excluding carboxylic acids is 2. The molecule has 1 aromatic heterocycles. The average Bonchev–Trinajstić information content (AvgIpc) is 2.73. The van der Waals surface area contributed by atoms with Crippen molar-refractivity contribution < 1.29 is 28.6 Å². The normalized spacial score (nSPS) is 9.88. The fraction of sp³-hybridized carbons (Fsp3) is 0.364. The number of carbonyl (C=O) groups is 3. The highest BCUT2D eigenvalue weighted by Gasteiger charge is 2.07. The average molecular weight is 240 g/mol. The fourth-order valence-electron chi connectivity index (χ4n) is 1.14. The Morgan fingerprint density at radius 3 is 2.71 bits per heavy atom. The van der Waals surface area contributed by atoms with Gasteiger partial charge in [0, 0.05) is 12.8 Å². The van der Waals surface area contributed by atoms with Gasteiger partial charge in [-0.25, -0.2) is 0 Å². The molecule has 0 aliphatic heterocycles. The second-order valence-electron chi connectivity index (χ2n) is 3.33. The van der Waals surface area contributed by atoms with Crippen LogP contribution in [-0.2, 0) is 20.9 Å². The number of furan rings is 1. The summed E-state index contributed by atoms with van der Waals surface area (Å²) in [5.41, 5.74) is 0. The molecule has 0 amide bonds. The van der Waals surface area contributed by atoms with E-state index < -0.39 is 11.9 Å². The van der Waals surface area contributed by atoms with Crippen LogP contribution in [0.5, 0.6) is 0 Å². The van der Waals surface area contributed by atoms with E-state index in [0.717, 1.165) is 0 Å². The third-order valence-electron chi connectivity index (χ3n) is 1.95. The Hall–Kier alpha value is -2.11. The predicted molar refractivity (Wildman–Crippen MR) is 55.4 cm³/mol. The second-order valence-corrected chi connectivity index (χ2v) is 3.33. The molecule has 0 unspecified atom stereocenters. The van der Waals surface area contributed by atoms with E-state index in [9.17, 15) is 14.4 Å². The van der Waals surface area contributed by atoms with Gasteiger partial charge in [-0.15, -0.1) is 0 Å². The zero-order chi connectivity index (χ0) is 12.7. The quantitative estimate of drug-likeness (QED) is 0.571. The monoisotopic (exact) mass is 240 g/mol. The Bertz CT molecular complexity index is 406. The number of hydrogen-bond donors (Lipinski definition) is 1. The molecule has 1 aromatic rings. The summed E-state index contributed by atoms with van der Waals surface area (Å²) in [4.78, 5) is 31.6. The summed E-state index contributed by atoms with van der Waals surface area (Å²) in [6, 6.07) is 3.01. The summed E-state index contributed by atoms with van der Waals surface area (Å²) in [6.45, 7) is -0.0558. The van der Waals surface area contributed by atoms with E-state index >= 15 is 0 Å². The lowest BCUT2D eigenvalue weighted by atomic mass is 10.2. The van der Waals surface area contributed by atoms with Crippen molar-refractivity contribution in [2.75, 3.05) is 0 Å². The van der Waals surface area contributed by atoms with Gasteiger partial charge in [0.2, 0.25) is 0 Å². The molecule has 1 rings (SSSR count). The third-order valence-corrected chi connectivity index (χ3v) is 1.95. The Balaban J connectivity index is 2.23. The van der Waals surface area contributed by atoms with Crippen molar-refractivity contribution in [3.63, 3.8) is 0 Å². The standard InChI is InChI=1S/C11H12O6/c12-6-8-4-5-9(17-8)7-16-11(15)3-1-2-10(13)14/h4-6H,1-3,7H2,(H,13,14). The molecule has 0 fully saturated rings. The van der Waals surface area contributed by atoms with E-state index in [1.54, 1.807) is 0 Å². The third kappa shape index (κ3) is 4.96. The van der Waals surface area contributed by atoms with Gasteiger partial charge in [-0.2, -0.15) is 0 Å². The van der Waals surface area contributed by atoms with Gasteiger partial charge in [0.1, 0.15) is 12.4 Å². The van der Waals surface area contributed by atoms with Crippen molar-refractivity contribution in [1.29, 1.82) is 0 Å². The molecule has 0 saturated carbocycles. The van der Waals surface area contributed by atoms with Gasteiger partial charge >= 0.3 is 11.9 Å². The van der Waals surface area contributed by atoms with Crippen LogP contribution in [0.3, 0.4) is 0 Å². The van der Waals surface area contributed by atoms with E-state index in [1.807, 2.05) is 0 Å². The Labute approximate surface area is 97.2 Å². The van der Waals surface area contributed by atoms with Gasteiger partial charge in [0.25, 0.3) is 0 Å². The van der Waals surface area contributed by atoms with Crippen LogP contribution in [0, 0.1) is 0 Å². The summed E-state index contributed by atoms with van der Waals surface area (Å²) in [5.74, 6) is -0.893. The molecule has 0 spiro atoms. The minimum Gasteiger partial charge on any atom is -0.481 e. The number of ether oxygens (including phenoxy) is 1. The molecule has 1 heterocycles. The summed E-state index contributed by atoms with van der Waals surface area (Å²) in [7, 11) is 0. The maximum absolute atomic E-state index is 11.1. The molecule has 0 radical (unpaired) electrons. The first kappa shape index (κ1) is 13.0. The predicted octanol–water partition coefficient (Wildman–Crippen LogP) is 1.39. The molecule has 0 atom stereocenters. The van der Waals surface area contributed by atoms with Crippen LogP contribution in [0.1, 0.15) is 35.6 Å². The van der Waals surface area contributed by atoms with Crippen molar-refractivity contribution in [2.24, 2.45) is 0 Å². The van der Waals surface area contributed by atoms with Gasteiger partial charge < -0.3 is 14.3 Å². The zero-order valence-corrected chi connectivity index (χ0v) is 9.05. The molecule has 0 saturated heterocycles. The van der Waals surface area contributed by atoms with Crippen molar-refractivity contribution in [3.05, 3.63) is 23.7 Å². The largest absolute Gasteiger partial charge is 0.481 e. The van der Waals surface area contributed by atoms with Crippen LogP contribution in [0.4, 0.5) is 0 Å². The SMILES string of the molecule is O=Cc1ccc(COC(=O)CCCC(=O)O)o1. The second kappa shape index (κ2) is 6.47. The summed E-state index contributed by atoms with van der Waals surface area (Å²) >= 11 is 0. The number of aldehydes is 1. The number of hydrogen-bond acceptors (Lipinski definition) is 5. The number of carboxylic acids is 1. The minimum absolute atomic E-state index is 0.0492. The number of esters is 1. The van der Waals surface area contributed by atoms with Crippen molar-refractivity contribution in [3.8, 4) is 0 Å². The summed E-state index contributed by atoms with van der Waals surface area (Å²) < 4.78 is 9.81. The van der Waals surface area contributed by atoms with E-state index in [-0.39, 0.29) is 31.6 Å². The molecule has 0 aromatic carbocycles. The highest BCUT2D eigenvalue weighted by molar-refractivity contribution is 5.71. The van der Waals surface area contributed by atoms with Crippen LogP contribution in [-0.4, -0.2) is 23.3 Å². The van der Waals surface area contributed by atoms with Gasteiger partial charge in [0.05, 0.1) is 0 Å². The molecule has 6 nitrogen and oxygen atoms in total. The zero-order valence-electron chi connectivity index (χ0n) is 9.05. The molecule has 0 bridgehead atoms. The fourth-order valence-corrected chi connectivity index (χ4v) is 1.14. The molecule has 6 heteroatoms. The number of aliphatic carboxylic acids is 1. The molecular formula is C11H12O6. The summed E-state index contributed by atoms with van der Waals surface area (Å²) in [6.07, 6.45) is 0.781. The number of rotatable bonds is 7. The Kier molecular flexibility index (Phi) is 4.93. The van der Waals surface area contributed by atoms with Crippen molar-refractivity contribution in [2.45, 2.75) is 25.9 Å². The highest BCUT2D eigenvalue weighted by atomic mass is 16.5. The summed E-state index contributed by atoms with van der Waals surface area (Å²) in [5, 5.41) is 8.36. The number of carboxylic acid groups (broad SMARTS) is 1. The Morgan fingerprint density at radius 2 is 2.12 bits per heavy atom. The first-order valence-corrected chi connectivity index (χ1v) is 5.03. The van der Waals surface area contributed by atoms with Crippen LogP contribution >= 0.6 is 0 Å². The smallest absolute Gasteiger partial charge is 0.306 e. The molecule has 92 valence electrons.